The molecule has 124 valence electrons. The van der Waals surface area contributed by atoms with Gasteiger partial charge in [0, 0.05) is 10.7 Å². The highest BCUT2D eigenvalue weighted by atomic mass is 35.5. The van der Waals surface area contributed by atoms with Crippen molar-refractivity contribution in [2.24, 2.45) is 0 Å². The van der Waals surface area contributed by atoms with Gasteiger partial charge >= 0.3 is 0 Å². The van der Waals surface area contributed by atoms with Gasteiger partial charge < -0.3 is 10.6 Å². The van der Waals surface area contributed by atoms with Crippen LogP contribution in [0.5, 0.6) is 0 Å². The molecule has 1 amide bonds. The van der Waals surface area contributed by atoms with Gasteiger partial charge in [-0.3, -0.25) is 4.79 Å². The van der Waals surface area contributed by atoms with Crippen LogP contribution in [0.15, 0.2) is 42.5 Å². The summed E-state index contributed by atoms with van der Waals surface area (Å²) >= 11 is 5.92. The number of benzene rings is 2. The van der Waals surface area contributed by atoms with Crippen molar-refractivity contribution in [2.75, 3.05) is 17.2 Å². The fourth-order valence-electron chi connectivity index (χ4n) is 2.38. The molecule has 4 nitrogen and oxygen atoms in total. The minimum Gasteiger partial charge on any atom is -0.376 e. The van der Waals surface area contributed by atoms with E-state index in [0.717, 1.165) is 11.3 Å². The first kappa shape index (κ1) is 17.8. The molecule has 0 atom stereocenters. The lowest BCUT2D eigenvalue weighted by molar-refractivity contribution is -0.114. The third-order valence-corrected chi connectivity index (χ3v) is 3.79. The van der Waals surface area contributed by atoms with Crippen molar-refractivity contribution < 1.29 is 4.79 Å². The summed E-state index contributed by atoms with van der Waals surface area (Å²) in [5.41, 5.74) is 2.83. The fraction of sp³-hybridized carbons (Fsp3) is 0.263. The van der Waals surface area contributed by atoms with Gasteiger partial charge in [-0.25, -0.2) is 0 Å². The SMILES string of the molecule is CC(C)(C)c1ccccc1NCC(=O)Nc1cc(Cl)ccc1C#N. The minimum atomic E-state index is -0.238. The van der Waals surface area contributed by atoms with Crippen molar-refractivity contribution in [3.8, 4) is 6.07 Å². The van der Waals surface area contributed by atoms with E-state index >= 15 is 0 Å². The van der Waals surface area contributed by atoms with Crippen molar-refractivity contribution in [3.05, 3.63) is 58.6 Å². The Balaban J connectivity index is 2.08. The second-order valence-corrected chi connectivity index (χ2v) is 6.94. The van der Waals surface area contributed by atoms with E-state index in [1.54, 1.807) is 18.2 Å². The van der Waals surface area contributed by atoms with Gasteiger partial charge in [-0.1, -0.05) is 50.6 Å². The average Bonchev–Trinajstić information content (AvgIpc) is 2.52. The third kappa shape index (κ3) is 4.50. The zero-order valence-electron chi connectivity index (χ0n) is 14.0. The maximum Gasteiger partial charge on any atom is 0.243 e. The van der Waals surface area contributed by atoms with Crippen LogP contribution in [0.2, 0.25) is 5.02 Å². The van der Waals surface area contributed by atoms with Crippen LogP contribution in [-0.4, -0.2) is 12.5 Å². The Labute approximate surface area is 147 Å². The molecule has 2 aromatic carbocycles. The predicted molar refractivity (Wildman–Crippen MR) is 98.4 cm³/mol. The molecule has 0 bridgehead atoms. The molecule has 0 heterocycles. The van der Waals surface area contributed by atoms with Crippen molar-refractivity contribution in [2.45, 2.75) is 26.2 Å². The lowest BCUT2D eigenvalue weighted by Gasteiger charge is -2.23. The Kier molecular flexibility index (Phi) is 5.48. The molecular weight excluding hydrogens is 322 g/mol. The van der Waals surface area contributed by atoms with E-state index in [2.05, 4.69) is 31.4 Å². The van der Waals surface area contributed by atoms with Gasteiger partial charge in [0.25, 0.3) is 0 Å². The first-order valence-corrected chi connectivity index (χ1v) is 8.02. The molecule has 2 aromatic rings. The highest BCUT2D eigenvalue weighted by molar-refractivity contribution is 6.31. The van der Waals surface area contributed by atoms with Crippen LogP contribution in [-0.2, 0) is 10.2 Å². The van der Waals surface area contributed by atoms with Crippen LogP contribution in [0, 0.1) is 11.3 Å². The van der Waals surface area contributed by atoms with Gasteiger partial charge in [0.15, 0.2) is 0 Å². The number of para-hydroxylation sites is 1. The van der Waals surface area contributed by atoms with Crippen LogP contribution in [0.1, 0.15) is 31.9 Å². The smallest absolute Gasteiger partial charge is 0.243 e. The zero-order chi connectivity index (χ0) is 17.7. The number of halogens is 1. The number of carbonyl (C=O) groups excluding carboxylic acids is 1. The lowest BCUT2D eigenvalue weighted by Crippen LogP contribution is -2.24. The fourth-order valence-corrected chi connectivity index (χ4v) is 2.55. The summed E-state index contributed by atoms with van der Waals surface area (Å²) in [5.74, 6) is -0.238. The quantitative estimate of drug-likeness (QED) is 0.856. The van der Waals surface area contributed by atoms with E-state index < -0.39 is 0 Å². The molecule has 0 aliphatic heterocycles. The van der Waals surface area contributed by atoms with Gasteiger partial charge in [0.05, 0.1) is 17.8 Å². The molecule has 0 saturated carbocycles. The van der Waals surface area contributed by atoms with Crippen LogP contribution in [0.3, 0.4) is 0 Å². The molecule has 0 aliphatic carbocycles. The number of hydrogen-bond acceptors (Lipinski definition) is 3. The van der Waals surface area contributed by atoms with Crippen molar-refractivity contribution in [1.29, 1.82) is 5.26 Å². The van der Waals surface area contributed by atoms with Gasteiger partial charge in [0.2, 0.25) is 5.91 Å². The number of amides is 1. The Bertz CT molecular complexity index is 788. The summed E-state index contributed by atoms with van der Waals surface area (Å²) in [5, 5.41) is 15.5. The second kappa shape index (κ2) is 7.37. The molecule has 0 fully saturated rings. The van der Waals surface area contributed by atoms with E-state index in [4.69, 9.17) is 16.9 Å². The van der Waals surface area contributed by atoms with Crippen molar-refractivity contribution >= 4 is 28.9 Å². The number of nitrogens with one attached hydrogen (secondary N) is 2. The van der Waals surface area contributed by atoms with E-state index in [0.29, 0.717) is 16.3 Å². The molecule has 2 rings (SSSR count). The van der Waals surface area contributed by atoms with E-state index in [1.165, 1.54) is 0 Å². The number of nitriles is 1. The Hall–Kier alpha value is -2.51. The summed E-state index contributed by atoms with van der Waals surface area (Å²) in [6.45, 7) is 6.47. The molecule has 2 N–H and O–H groups in total. The van der Waals surface area contributed by atoms with E-state index in [1.807, 2.05) is 30.3 Å². The van der Waals surface area contributed by atoms with E-state index in [9.17, 15) is 4.79 Å². The normalized spacial score (nSPS) is 10.8. The molecule has 24 heavy (non-hydrogen) atoms. The largest absolute Gasteiger partial charge is 0.376 e. The number of nitrogens with zero attached hydrogens (tertiary/aromatic N) is 1. The molecular formula is C19H20ClN3O. The summed E-state index contributed by atoms with van der Waals surface area (Å²) in [4.78, 5) is 12.2. The zero-order valence-corrected chi connectivity index (χ0v) is 14.7. The molecule has 5 heteroatoms. The van der Waals surface area contributed by atoms with Gasteiger partial charge in [-0.2, -0.15) is 5.26 Å². The van der Waals surface area contributed by atoms with Crippen LogP contribution in [0.4, 0.5) is 11.4 Å². The number of hydrogen-bond donors (Lipinski definition) is 2. The van der Waals surface area contributed by atoms with E-state index in [-0.39, 0.29) is 17.9 Å². The highest BCUT2D eigenvalue weighted by Crippen LogP contribution is 2.29. The van der Waals surface area contributed by atoms with Gasteiger partial charge in [0.1, 0.15) is 6.07 Å². The maximum absolute atomic E-state index is 12.2. The average molecular weight is 342 g/mol. The second-order valence-electron chi connectivity index (χ2n) is 6.50. The Morgan fingerprint density at radius 1 is 1.17 bits per heavy atom. The van der Waals surface area contributed by atoms with Gasteiger partial charge in [-0.05, 0) is 35.2 Å². The Morgan fingerprint density at radius 2 is 1.88 bits per heavy atom. The third-order valence-electron chi connectivity index (χ3n) is 3.55. The van der Waals surface area contributed by atoms with Crippen LogP contribution in [0.25, 0.3) is 0 Å². The number of rotatable bonds is 4. The lowest BCUT2D eigenvalue weighted by atomic mass is 9.86. The summed E-state index contributed by atoms with van der Waals surface area (Å²) < 4.78 is 0. The van der Waals surface area contributed by atoms with Crippen molar-refractivity contribution in [1.82, 2.24) is 0 Å². The first-order chi connectivity index (χ1) is 11.3. The van der Waals surface area contributed by atoms with Crippen LogP contribution >= 0.6 is 11.6 Å². The monoisotopic (exact) mass is 341 g/mol. The maximum atomic E-state index is 12.2. The molecule has 0 unspecified atom stereocenters. The van der Waals surface area contributed by atoms with Crippen molar-refractivity contribution in [3.63, 3.8) is 0 Å². The van der Waals surface area contributed by atoms with Gasteiger partial charge in [-0.15, -0.1) is 0 Å². The Morgan fingerprint density at radius 3 is 2.54 bits per heavy atom. The summed E-state index contributed by atoms with van der Waals surface area (Å²) in [6.07, 6.45) is 0. The summed E-state index contributed by atoms with van der Waals surface area (Å²) in [7, 11) is 0. The highest BCUT2D eigenvalue weighted by Gasteiger charge is 2.17. The molecule has 0 radical (unpaired) electrons. The topological polar surface area (TPSA) is 64.9 Å². The number of anilines is 2. The molecule has 0 aromatic heterocycles. The molecule has 0 aliphatic rings. The summed E-state index contributed by atoms with van der Waals surface area (Å²) in [6, 6.07) is 14.7. The molecule has 0 spiro atoms. The number of carbonyl (C=O) groups is 1. The first-order valence-electron chi connectivity index (χ1n) is 7.64. The van der Waals surface area contributed by atoms with Crippen LogP contribution < -0.4 is 10.6 Å². The molecule has 0 saturated heterocycles. The standard InChI is InChI=1S/C19H20ClN3O/c1-19(2,3)15-6-4-5-7-16(15)22-12-18(24)23-17-10-14(20)9-8-13(17)11-21/h4-10,22H,12H2,1-3H3,(H,23,24). The predicted octanol–water partition coefficient (Wildman–Crippen LogP) is 4.56. The minimum absolute atomic E-state index is 0.0268.